The fourth-order valence-corrected chi connectivity index (χ4v) is 2.55. The van der Waals surface area contributed by atoms with Crippen LogP contribution in [0.2, 0.25) is 0 Å². The van der Waals surface area contributed by atoms with E-state index < -0.39 is 0 Å². The summed E-state index contributed by atoms with van der Waals surface area (Å²) in [4.78, 5) is 14.3. The zero-order valence-corrected chi connectivity index (χ0v) is 13.3. The van der Waals surface area contributed by atoms with Gasteiger partial charge in [-0.15, -0.1) is 0 Å². The first-order valence-electron chi connectivity index (χ1n) is 6.98. The number of halogens is 1. The van der Waals surface area contributed by atoms with Gasteiger partial charge in [-0.1, -0.05) is 29.8 Å². The molecule has 5 heteroatoms. The molecule has 0 radical (unpaired) electrons. The molecule has 0 bridgehead atoms. The van der Waals surface area contributed by atoms with Crippen molar-refractivity contribution >= 4 is 21.6 Å². The van der Waals surface area contributed by atoms with Gasteiger partial charge in [0.25, 0.3) is 5.56 Å². The topological polar surface area (TPSA) is 38.1 Å². The first kappa shape index (κ1) is 14.6. The molecule has 1 fully saturated rings. The number of aromatic nitrogens is 2. The Morgan fingerprint density at radius 1 is 1.47 bits per heavy atom. The van der Waals surface area contributed by atoms with E-state index in [1.54, 1.807) is 10.7 Å². The van der Waals surface area contributed by atoms with Crippen LogP contribution in [0.3, 0.4) is 0 Å². The molecule has 4 nitrogen and oxygen atoms in total. The fourth-order valence-electron chi connectivity index (χ4n) is 2.34. The van der Waals surface area contributed by atoms with E-state index in [1.807, 2.05) is 6.20 Å². The average Bonchev–Trinajstić information content (AvgIpc) is 2.41. The van der Waals surface area contributed by atoms with Crippen molar-refractivity contribution in [1.82, 2.24) is 9.78 Å². The largest absolute Gasteiger partial charge is 0.370 e. The van der Waals surface area contributed by atoms with Crippen LogP contribution in [0.1, 0.15) is 26.7 Å². The maximum absolute atomic E-state index is 12.1. The van der Waals surface area contributed by atoms with Crippen molar-refractivity contribution in [3.8, 4) is 0 Å². The van der Waals surface area contributed by atoms with Gasteiger partial charge in [0.15, 0.2) is 0 Å². The number of hydrogen-bond acceptors (Lipinski definition) is 3. The summed E-state index contributed by atoms with van der Waals surface area (Å²) >= 11 is 3.43. The molecule has 0 aliphatic carbocycles. The Morgan fingerprint density at radius 2 is 2.16 bits per heavy atom. The van der Waals surface area contributed by atoms with Crippen LogP contribution < -0.4 is 10.5 Å². The summed E-state index contributed by atoms with van der Waals surface area (Å²) in [6.07, 6.45) is 4.23. The number of anilines is 1. The summed E-state index contributed by atoms with van der Waals surface area (Å²) in [5.74, 6) is 1.20. The number of piperidine rings is 1. The van der Waals surface area contributed by atoms with Crippen molar-refractivity contribution in [1.29, 1.82) is 0 Å². The van der Waals surface area contributed by atoms with Gasteiger partial charge in [0.1, 0.15) is 0 Å². The summed E-state index contributed by atoms with van der Waals surface area (Å²) in [6, 6.07) is 1.73. The van der Waals surface area contributed by atoms with E-state index in [0.717, 1.165) is 30.0 Å². The predicted molar refractivity (Wildman–Crippen MR) is 82.1 cm³/mol. The smallest absolute Gasteiger partial charge is 0.268 e. The van der Waals surface area contributed by atoms with Crippen LogP contribution in [0.25, 0.3) is 0 Å². The first-order valence-corrected chi connectivity index (χ1v) is 8.10. The third kappa shape index (κ3) is 3.81. The molecule has 0 saturated carbocycles. The van der Waals surface area contributed by atoms with Gasteiger partial charge >= 0.3 is 0 Å². The minimum absolute atomic E-state index is 0.00363. The molecular weight excluding hydrogens is 306 g/mol. The highest BCUT2D eigenvalue weighted by atomic mass is 79.9. The van der Waals surface area contributed by atoms with E-state index in [2.05, 4.69) is 39.8 Å². The molecule has 1 atom stereocenters. The lowest BCUT2D eigenvalue weighted by molar-refractivity contribution is 0.435. The van der Waals surface area contributed by atoms with Crippen molar-refractivity contribution in [3.05, 3.63) is 22.6 Å². The van der Waals surface area contributed by atoms with Crippen molar-refractivity contribution in [2.24, 2.45) is 11.8 Å². The van der Waals surface area contributed by atoms with Crippen molar-refractivity contribution < 1.29 is 0 Å². The Morgan fingerprint density at radius 3 is 2.74 bits per heavy atom. The van der Waals surface area contributed by atoms with Gasteiger partial charge < -0.3 is 4.90 Å². The number of rotatable bonds is 4. The molecule has 1 aliphatic rings. The molecule has 1 saturated heterocycles. The first-order chi connectivity index (χ1) is 9.10. The Hall–Kier alpha value is -0.840. The molecular formula is C14H22BrN3O. The van der Waals surface area contributed by atoms with Crippen LogP contribution >= 0.6 is 15.9 Å². The SMILES string of the molecule is CC1CCN(c2cnn(CC(C)CBr)c(=O)c2)CC1. The normalized spacial score (nSPS) is 18.6. The van der Waals surface area contributed by atoms with Crippen LogP contribution in [0.15, 0.2) is 17.1 Å². The molecule has 0 aromatic carbocycles. The second kappa shape index (κ2) is 6.55. The van der Waals surface area contributed by atoms with Crippen LogP contribution in [0, 0.1) is 11.8 Å². The summed E-state index contributed by atoms with van der Waals surface area (Å²) in [5.41, 5.74) is 0.976. The highest BCUT2D eigenvalue weighted by Gasteiger charge is 2.17. The molecule has 19 heavy (non-hydrogen) atoms. The highest BCUT2D eigenvalue weighted by molar-refractivity contribution is 9.09. The van der Waals surface area contributed by atoms with Crippen molar-refractivity contribution in [2.75, 3.05) is 23.3 Å². The van der Waals surface area contributed by atoms with Gasteiger partial charge in [0, 0.05) is 31.0 Å². The molecule has 2 heterocycles. The third-order valence-corrected chi connectivity index (χ3v) is 4.86. The van der Waals surface area contributed by atoms with E-state index in [1.165, 1.54) is 12.8 Å². The molecule has 2 rings (SSSR count). The summed E-state index contributed by atoms with van der Waals surface area (Å²) < 4.78 is 1.56. The van der Waals surface area contributed by atoms with Crippen molar-refractivity contribution in [2.45, 2.75) is 33.2 Å². The van der Waals surface area contributed by atoms with E-state index in [0.29, 0.717) is 12.5 Å². The zero-order valence-electron chi connectivity index (χ0n) is 11.7. The predicted octanol–water partition coefficient (Wildman–Crippen LogP) is 2.51. The maximum Gasteiger partial charge on any atom is 0.268 e. The van der Waals surface area contributed by atoms with E-state index in [9.17, 15) is 4.79 Å². The van der Waals surface area contributed by atoms with Crippen LogP contribution in [-0.2, 0) is 6.54 Å². The second-order valence-electron chi connectivity index (χ2n) is 5.66. The molecule has 106 valence electrons. The molecule has 0 spiro atoms. The Kier molecular flexibility index (Phi) is 5.02. The Balaban J connectivity index is 2.08. The second-order valence-corrected chi connectivity index (χ2v) is 6.31. The molecule has 0 amide bonds. The van der Waals surface area contributed by atoms with Crippen LogP contribution in [0.4, 0.5) is 5.69 Å². The highest BCUT2D eigenvalue weighted by Crippen LogP contribution is 2.21. The van der Waals surface area contributed by atoms with Crippen LogP contribution in [0.5, 0.6) is 0 Å². The lowest BCUT2D eigenvalue weighted by Gasteiger charge is -2.31. The fraction of sp³-hybridized carbons (Fsp3) is 0.714. The van der Waals surface area contributed by atoms with E-state index in [-0.39, 0.29) is 5.56 Å². The third-order valence-electron chi connectivity index (χ3n) is 3.75. The molecule has 1 aromatic heterocycles. The van der Waals surface area contributed by atoms with Gasteiger partial charge in [-0.2, -0.15) is 5.10 Å². The van der Waals surface area contributed by atoms with Gasteiger partial charge in [-0.05, 0) is 24.7 Å². The monoisotopic (exact) mass is 327 g/mol. The number of nitrogens with zero attached hydrogens (tertiary/aromatic N) is 3. The van der Waals surface area contributed by atoms with Gasteiger partial charge in [-0.25, -0.2) is 4.68 Å². The summed E-state index contributed by atoms with van der Waals surface area (Å²) in [5, 5.41) is 5.18. The molecule has 1 unspecified atom stereocenters. The number of hydrogen-bond donors (Lipinski definition) is 0. The lowest BCUT2D eigenvalue weighted by atomic mass is 9.99. The Labute approximate surface area is 122 Å². The average molecular weight is 328 g/mol. The van der Waals surface area contributed by atoms with Gasteiger partial charge in [0.05, 0.1) is 11.9 Å². The summed E-state index contributed by atoms with van der Waals surface area (Å²) in [6.45, 7) is 7.12. The minimum Gasteiger partial charge on any atom is -0.370 e. The zero-order chi connectivity index (χ0) is 13.8. The quantitative estimate of drug-likeness (QED) is 0.797. The molecule has 0 N–H and O–H groups in total. The molecule has 1 aromatic rings. The van der Waals surface area contributed by atoms with E-state index in [4.69, 9.17) is 0 Å². The standard InChI is InChI=1S/C14H22BrN3O/c1-11-3-5-17(6-4-11)13-7-14(19)18(16-9-13)10-12(2)8-15/h7,9,11-12H,3-6,8,10H2,1-2H3. The lowest BCUT2D eigenvalue weighted by Crippen LogP contribution is -2.35. The minimum atomic E-state index is 0.00363. The van der Waals surface area contributed by atoms with E-state index >= 15 is 0 Å². The van der Waals surface area contributed by atoms with Crippen LogP contribution in [-0.4, -0.2) is 28.2 Å². The Bertz CT molecular complexity index is 466. The summed E-state index contributed by atoms with van der Waals surface area (Å²) in [7, 11) is 0. The van der Waals surface area contributed by atoms with Gasteiger partial charge in [-0.3, -0.25) is 4.79 Å². The maximum atomic E-state index is 12.1. The molecule has 1 aliphatic heterocycles. The van der Waals surface area contributed by atoms with Crippen molar-refractivity contribution in [3.63, 3.8) is 0 Å². The van der Waals surface area contributed by atoms with Gasteiger partial charge in [0.2, 0.25) is 0 Å². The number of alkyl halides is 1.